The average molecular weight is 306 g/mol. The van der Waals surface area contributed by atoms with Gasteiger partial charge >= 0.3 is 6.09 Å². The van der Waals surface area contributed by atoms with E-state index < -0.39 is 5.60 Å². The number of hydrogen-bond acceptors (Lipinski definition) is 5. The van der Waals surface area contributed by atoms with Gasteiger partial charge in [-0.2, -0.15) is 5.10 Å². The normalized spacial score (nSPS) is 19.0. The highest BCUT2D eigenvalue weighted by molar-refractivity contribution is 5.68. The largest absolute Gasteiger partial charge is 0.444 e. The molecule has 1 aromatic heterocycles. The molecular formula is C16H26N4O2. The number of likely N-dealkylation sites (N-methyl/N-ethyl adjacent to an activating group) is 1. The van der Waals surface area contributed by atoms with Crippen LogP contribution in [-0.4, -0.2) is 53.0 Å². The molecule has 6 heteroatoms. The molecule has 0 bridgehead atoms. The van der Waals surface area contributed by atoms with Gasteiger partial charge in [-0.05, 0) is 52.7 Å². The van der Waals surface area contributed by atoms with Gasteiger partial charge in [-0.3, -0.25) is 0 Å². The predicted octanol–water partition coefficient (Wildman–Crippen LogP) is 2.62. The molecule has 0 unspecified atom stereocenters. The summed E-state index contributed by atoms with van der Waals surface area (Å²) in [5.74, 6) is 0.835. The summed E-state index contributed by atoms with van der Waals surface area (Å²) >= 11 is 0. The maximum atomic E-state index is 12.2. The SMILES string of the molecule is Cc1ccc(N(C)[C@H]2CCCN(C(=O)OC(C)(C)C)C2)nn1. The predicted molar refractivity (Wildman–Crippen MR) is 86.0 cm³/mol. The second-order valence-corrected chi connectivity index (χ2v) is 6.87. The first kappa shape index (κ1) is 16.5. The summed E-state index contributed by atoms with van der Waals surface area (Å²) in [6.45, 7) is 8.99. The first-order valence-corrected chi connectivity index (χ1v) is 7.77. The van der Waals surface area contributed by atoms with Crippen LogP contribution in [0.3, 0.4) is 0 Å². The van der Waals surface area contributed by atoms with E-state index in [0.29, 0.717) is 6.54 Å². The van der Waals surface area contributed by atoms with Crippen LogP contribution in [0.5, 0.6) is 0 Å². The zero-order valence-corrected chi connectivity index (χ0v) is 14.2. The molecule has 0 spiro atoms. The van der Waals surface area contributed by atoms with Crippen LogP contribution >= 0.6 is 0 Å². The number of nitrogens with zero attached hydrogens (tertiary/aromatic N) is 4. The zero-order chi connectivity index (χ0) is 16.3. The lowest BCUT2D eigenvalue weighted by atomic mass is 10.0. The van der Waals surface area contributed by atoms with E-state index in [1.807, 2.05) is 46.9 Å². The number of aryl methyl sites for hydroxylation is 1. The molecule has 1 atom stereocenters. The first-order valence-electron chi connectivity index (χ1n) is 7.77. The van der Waals surface area contributed by atoms with Crippen molar-refractivity contribution in [1.29, 1.82) is 0 Å². The van der Waals surface area contributed by atoms with Gasteiger partial charge in [0, 0.05) is 26.2 Å². The monoisotopic (exact) mass is 306 g/mol. The molecule has 1 fully saturated rings. The number of rotatable bonds is 2. The number of anilines is 1. The van der Waals surface area contributed by atoms with Gasteiger partial charge < -0.3 is 14.5 Å². The van der Waals surface area contributed by atoms with Crippen LogP contribution in [-0.2, 0) is 4.74 Å². The van der Waals surface area contributed by atoms with Crippen LogP contribution in [0.4, 0.5) is 10.6 Å². The lowest BCUT2D eigenvalue weighted by molar-refractivity contribution is 0.0199. The van der Waals surface area contributed by atoms with Gasteiger partial charge in [-0.15, -0.1) is 5.10 Å². The summed E-state index contributed by atoms with van der Waals surface area (Å²) in [4.78, 5) is 16.1. The second kappa shape index (κ2) is 6.50. The summed E-state index contributed by atoms with van der Waals surface area (Å²) in [5, 5.41) is 8.32. The van der Waals surface area contributed by atoms with E-state index in [1.165, 1.54) is 0 Å². The van der Waals surface area contributed by atoms with Gasteiger partial charge in [0.1, 0.15) is 5.60 Å². The zero-order valence-electron chi connectivity index (χ0n) is 14.2. The molecule has 1 saturated heterocycles. The fraction of sp³-hybridized carbons (Fsp3) is 0.688. The maximum absolute atomic E-state index is 12.2. The molecule has 2 rings (SSSR count). The van der Waals surface area contributed by atoms with E-state index in [9.17, 15) is 4.79 Å². The Balaban J connectivity index is 2.00. The smallest absolute Gasteiger partial charge is 0.410 e. The first-order chi connectivity index (χ1) is 10.3. The summed E-state index contributed by atoms with van der Waals surface area (Å²) < 4.78 is 5.47. The summed E-state index contributed by atoms with van der Waals surface area (Å²) in [6, 6.07) is 4.15. The van der Waals surface area contributed by atoms with Crippen LogP contribution in [0.25, 0.3) is 0 Å². The fourth-order valence-corrected chi connectivity index (χ4v) is 2.53. The number of amides is 1. The van der Waals surface area contributed by atoms with E-state index in [-0.39, 0.29) is 12.1 Å². The number of carbonyl (C=O) groups excluding carboxylic acids is 1. The maximum Gasteiger partial charge on any atom is 0.410 e. The van der Waals surface area contributed by atoms with Gasteiger partial charge in [0.25, 0.3) is 0 Å². The second-order valence-electron chi connectivity index (χ2n) is 6.87. The molecule has 0 aromatic carbocycles. The number of carbonyl (C=O) groups is 1. The van der Waals surface area contributed by atoms with Gasteiger partial charge in [0.2, 0.25) is 0 Å². The van der Waals surface area contributed by atoms with Crippen molar-refractivity contribution in [3.8, 4) is 0 Å². The van der Waals surface area contributed by atoms with E-state index in [2.05, 4.69) is 15.1 Å². The Labute approximate surface area is 132 Å². The molecule has 1 amide bonds. The Morgan fingerprint density at radius 3 is 2.68 bits per heavy atom. The molecule has 0 saturated carbocycles. The van der Waals surface area contributed by atoms with E-state index in [0.717, 1.165) is 30.9 Å². The van der Waals surface area contributed by atoms with Crippen LogP contribution in [0, 0.1) is 6.92 Å². The van der Waals surface area contributed by atoms with Crippen molar-refractivity contribution in [2.24, 2.45) is 0 Å². The minimum atomic E-state index is -0.460. The topological polar surface area (TPSA) is 58.6 Å². The summed E-state index contributed by atoms with van der Waals surface area (Å²) in [5.41, 5.74) is 0.439. The Hall–Kier alpha value is -1.85. The third-order valence-electron chi connectivity index (χ3n) is 3.74. The van der Waals surface area contributed by atoms with Crippen LogP contribution < -0.4 is 4.90 Å². The molecule has 0 aliphatic carbocycles. The molecule has 6 nitrogen and oxygen atoms in total. The van der Waals surface area contributed by atoms with Crippen LogP contribution in [0.2, 0.25) is 0 Å². The molecule has 22 heavy (non-hydrogen) atoms. The minimum absolute atomic E-state index is 0.235. The third-order valence-corrected chi connectivity index (χ3v) is 3.74. The van der Waals surface area contributed by atoms with Gasteiger partial charge in [-0.25, -0.2) is 4.79 Å². The number of hydrogen-bond donors (Lipinski definition) is 0. The van der Waals surface area contributed by atoms with E-state index in [4.69, 9.17) is 4.74 Å². The standard InChI is InChI=1S/C16H26N4O2/c1-12-8-9-14(18-17-12)19(5)13-7-6-10-20(11-13)15(21)22-16(2,3)4/h8-9,13H,6-7,10-11H2,1-5H3/t13-/m0/s1. The van der Waals surface area contributed by atoms with Gasteiger partial charge in [0.15, 0.2) is 5.82 Å². The Bertz CT molecular complexity index is 510. The lowest BCUT2D eigenvalue weighted by Crippen LogP contribution is -2.50. The number of ether oxygens (including phenoxy) is 1. The summed E-state index contributed by atoms with van der Waals surface area (Å²) in [6.07, 6.45) is 1.76. The Morgan fingerprint density at radius 1 is 1.36 bits per heavy atom. The van der Waals surface area contributed by atoms with Crippen molar-refractivity contribution in [1.82, 2.24) is 15.1 Å². The number of likely N-dealkylation sites (tertiary alicyclic amines) is 1. The highest BCUT2D eigenvalue weighted by Gasteiger charge is 2.29. The highest BCUT2D eigenvalue weighted by Crippen LogP contribution is 2.21. The van der Waals surface area contributed by atoms with Crippen LogP contribution in [0.1, 0.15) is 39.3 Å². The van der Waals surface area contributed by atoms with Crippen molar-refractivity contribution in [3.05, 3.63) is 17.8 Å². The summed E-state index contributed by atoms with van der Waals surface area (Å²) in [7, 11) is 2.00. The molecular weight excluding hydrogens is 280 g/mol. The van der Waals surface area contributed by atoms with Gasteiger partial charge in [0.05, 0.1) is 5.69 Å². The fourth-order valence-electron chi connectivity index (χ4n) is 2.53. The van der Waals surface area contributed by atoms with Crippen molar-refractivity contribution in [3.63, 3.8) is 0 Å². The minimum Gasteiger partial charge on any atom is -0.444 e. The molecule has 1 aliphatic heterocycles. The van der Waals surface area contributed by atoms with Crippen molar-refractivity contribution >= 4 is 11.9 Å². The molecule has 1 aliphatic rings. The molecule has 0 N–H and O–H groups in total. The highest BCUT2D eigenvalue weighted by atomic mass is 16.6. The van der Waals surface area contributed by atoms with Crippen molar-refractivity contribution in [2.45, 2.75) is 52.2 Å². The molecule has 0 radical (unpaired) electrons. The third kappa shape index (κ3) is 4.32. The number of aromatic nitrogens is 2. The van der Waals surface area contributed by atoms with Crippen LogP contribution in [0.15, 0.2) is 12.1 Å². The molecule has 2 heterocycles. The average Bonchev–Trinajstić information content (AvgIpc) is 2.46. The molecule has 1 aromatic rings. The number of piperidine rings is 1. The van der Waals surface area contributed by atoms with Crippen molar-refractivity contribution in [2.75, 3.05) is 25.0 Å². The Morgan fingerprint density at radius 2 is 2.09 bits per heavy atom. The van der Waals surface area contributed by atoms with E-state index >= 15 is 0 Å². The van der Waals surface area contributed by atoms with Gasteiger partial charge in [-0.1, -0.05) is 0 Å². The lowest BCUT2D eigenvalue weighted by Gasteiger charge is -2.38. The van der Waals surface area contributed by atoms with Crippen molar-refractivity contribution < 1.29 is 9.53 Å². The quantitative estimate of drug-likeness (QED) is 0.840. The molecule has 122 valence electrons. The van der Waals surface area contributed by atoms with E-state index in [1.54, 1.807) is 4.90 Å². The Kier molecular flexibility index (Phi) is 4.88.